The van der Waals surface area contributed by atoms with Crippen molar-refractivity contribution in [1.82, 2.24) is 4.57 Å². The number of aryl methyl sites for hydroxylation is 2. The Morgan fingerprint density at radius 3 is 2.55 bits per heavy atom. The summed E-state index contributed by atoms with van der Waals surface area (Å²) < 4.78 is 2.18. The van der Waals surface area contributed by atoms with Gasteiger partial charge >= 0.3 is 0 Å². The Hall–Kier alpha value is -3.28. The molecule has 0 bridgehead atoms. The number of hydrogen-bond acceptors (Lipinski definition) is 1. The van der Waals surface area contributed by atoms with Crippen LogP contribution >= 0.6 is 11.3 Å². The normalized spacial score (nSPS) is 10.5. The van der Waals surface area contributed by atoms with Crippen molar-refractivity contribution >= 4 is 16.9 Å². The van der Waals surface area contributed by atoms with Crippen molar-refractivity contribution < 1.29 is 0 Å². The second-order valence-corrected chi connectivity index (χ2v) is 8.79. The van der Waals surface area contributed by atoms with Crippen molar-refractivity contribution in [1.29, 1.82) is 0 Å². The zero-order valence-corrected chi connectivity index (χ0v) is 19.0. The van der Waals surface area contributed by atoms with Crippen LogP contribution in [0.5, 0.6) is 0 Å². The molecule has 0 saturated heterocycles. The molecule has 0 aliphatic heterocycles. The summed E-state index contributed by atoms with van der Waals surface area (Å²) in [5, 5.41) is 2.15. The van der Waals surface area contributed by atoms with E-state index in [1.54, 1.807) is 0 Å². The molecule has 2 aromatic heterocycles. The molecule has 0 aliphatic rings. The fourth-order valence-corrected chi connectivity index (χ4v) is 4.36. The fraction of sp³-hybridized carbons (Fsp3) is 0.172. The molecule has 0 aliphatic carbocycles. The Morgan fingerprint density at radius 2 is 1.84 bits per heavy atom. The van der Waals surface area contributed by atoms with E-state index in [9.17, 15) is 0 Å². The van der Waals surface area contributed by atoms with Crippen LogP contribution in [0.3, 0.4) is 0 Å². The van der Waals surface area contributed by atoms with Crippen molar-refractivity contribution in [2.24, 2.45) is 0 Å². The maximum absolute atomic E-state index is 4.03. The van der Waals surface area contributed by atoms with Crippen molar-refractivity contribution in [2.45, 2.75) is 33.1 Å². The average Bonchev–Trinajstić information content (AvgIpc) is 3.46. The van der Waals surface area contributed by atoms with E-state index in [0.717, 1.165) is 36.1 Å². The molecule has 0 fully saturated rings. The third-order valence-electron chi connectivity index (χ3n) is 5.36. The molecule has 0 saturated carbocycles. The summed E-state index contributed by atoms with van der Waals surface area (Å²) in [6.07, 6.45) is 7.33. The van der Waals surface area contributed by atoms with Crippen LogP contribution in [0.25, 0.3) is 22.4 Å². The van der Waals surface area contributed by atoms with Gasteiger partial charge in [-0.2, -0.15) is 0 Å². The molecule has 0 atom stereocenters. The smallest absolute Gasteiger partial charge is 0.0504 e. The lowest BCUT2D eigenvalue weighted by atomic mass is 10.00. The highest BCUT2D eigenvalue weighted by atomic mass is 32.1. The van der Waals surface area contributed by atoms with Gasteiger partial charge in [-0.05, 0) is 60.0 Å². The van der Waals surface area contributed by atoms with Crippen LogP contribution < -0.4 is 0 Å². The molecule has 4 rings (SSSR count). The minimum atomic E-state index is 0.846. The molecule has 2 heteroatoms. The van der Waals surface area contributed by atoms with Gasteiger partial charge < -0.3 is 4.57 Å². The summed E-state index contributed by atoms with van der Waals surface area (Å²) >= 11 is 1.83. The van der Waals surface area contributed by atoms with Crippen molar-refractivity contribution in [3.63, 3.8) is 0 Å². The third-order valence-corrected chi connectivity index (χ3v) is 6.30. The summed E-state index contributed by atoms with van der Waals surface area (Å²) in [5.74, 6) is 6.62. The third kappa shape index (κ3) is 5.08. The summed E-state index contributed by atoms with van der Waals surface area (Å²) in [6.45, 7) is 8.16. The minimum absolute atomic E-state index is 0.846. The van der Waals surface area contributed by atoms with Gasteiger partial charge in [0.15, 0.2) is 0 Å². The van der Waals surface area contributed by atoms with Crippen LogP contribution in [0, 0.1) is 11.8 Å². The average molecular weight is 422 g/mol. The van der Waals surface area contributed by atoms with Gasteiger partial charge in [-0.25, -0.2) is 0 Å². The van der Waals surface area contributed by atoms with Gasteiger partial charge in [0.25, 0.3) is 0 Å². The number of aromatic nitrogens is 1. The Labute approximate surface area is 189 Å². The zero-order chi connectivity index (χ0) is 21.6. The molecule has 4 aromatic rings. The van der Waals surface area contributed by atoms with Gasteiger partial charge in [-0.1, -0.05) is 73.4 Å². The first-order valence-corrected chi connectivity index (χ1v) is 11.6. The van der Waals surface area contributed by atoms with Crippen LogP contribution in [0.2, 0.25) is 0 Å². The lowest BCUT2D eigenvalue weighted by molar-refractivity contribution is 0.981. The summed E-state index contributed by atoms with van der Waals surface area (Å²) in [4.78, 5) is 1.43. The molecule has 0 amide bonds. The Bertz CT molecular complexity index is 1230. The maximum Gasteiger partial charge on any atom is 0.0504 e. The Kier molecular flexibility index (Phi) is 6.55. The molecule has 31 heavy (non-hydrogen) atoms. The van der Waals surface area contributed by atoms with E-state index in [-0.39, 0.29) is 0 Å². The van der Waals surface area contributed by atoms with E-state index in [0.29, 0.717) is 0 Å². The standard InChI is InChI=1S/C29H27NS/c1-4-5-9-26-20-30(27-15-13-24(14-16-27)22(2)3)21-29(26)25-10-6-8-23(19-25)12-17-28-11-7-18-31-28/h6-8,10-11,13-16,18-21H,2,4,12,17H2,1,3H3. The molecular weight excluding hydrogens is 394 g/mol. The molecule has 1 nitrogen and oxygen atoms in total. The van der Waals surface area contributed by atoms with E-state index >= 15 is 0 Å². The van der Waals surface area contributed by atoms with Gasteiger partial charge in [0, 0.05) is 34.9 Å². The van der Waals surface area contributed by atoms with Gasteiger partial charge in [-0.3, -0.25) is 0 Å². The number of allylic oxidation sites excluding steroid dienone is 1. The second kappa shape index (κ2) is 9.69. The van der Waals surface area contributed by atoms with E-state index in [1.165, 1.54) is 27.1 Å². The largest absolute Gasteiger partial charge is 0.322 e. The molecule has 0 N–H and O–H groups in total. The number of thiophene rings is 1. The van der Waals surface area contributed by atoms with Gasteiger partial charge in [0.05, 0.1) is 5.56 Å². The summed E-state index contributed by atoms with van der Waals surface area (Å²) in [6, 6.07) is 21.8. The highest BCUT2D eigenvalue weighted by molar-refractivity contribution is 7.09. The van der Waals surface area contributed by atoms with Crippen LogP contribution in [0.4, 0.5) is 0 Å². The molecule has 0 radical (unpaired) electrons. The van der Waals surface area contributed by atoms with Gasteiger partial charge in [0.1, 0.15) is 0 Å². The number of hydrogen-bond donors (Lipinski definition) is 0. The quantitative estimate of drug-likeness (QED) is 0.280. The molecule has 154 valence electrons. The fourth-order valence-electron chi connectivity index (χ4n) is 3.65. The Balaban J connectivity index is 1.66. The van der Waals surface area contributed by atoms with Crippen molar-refractivity contribution in [3.05, 3.63) is 107 Å². The lowest BCUT2D eigenvalue weighted by Gasteiger charge is -2.06. The predicted molar refractivity (Wildman–Crippen MR) is 135 cm³/mol. The number of nitrogens with zero attached hydrogens (tertiary/aromatic N) is 1. The summed E-state index contributed by atoms with van der Waals surface area (Å²) in [5.41, 5.74) is 8.21. The maximum atomic E-state index is 4.03. The molecule has 2 heterocycles. The van der Waals surface area contributed by atoms with Crippen LogP contribution in [-0.4, -0.2) is 4.57 Å². The molecule has 0 unspecified atom stereocenters. The molecular formula is C29H27NS. The van der Waals surface area contributed by atoms with Crippen LogP contribution in [0.15, 0.2) is 85.0 Å². The van der Waals surface area contributed by atoms with E-state index in [2.05, 4.69) is 108 Å². The summed E-state index contributed by atoms with van der Waals surface area (Å²) in [7, 11) is 0. The van der Waals surface area contributed by atoms with Crippen LogP contribution in [0.1, 0.15) is 41.8 Å². The van der Waals surface area contributed by atoms with Gasteiger partial charge in [-0.15, -0.1) is 11.3 Å². The second-order valence-electron chi connectivity index (χ2n) is 7.76. The first-order valence-electron chi connectivity index (χ1n) is 10.7. The van der Waals surface area contributed by atoms with Crippen molar-refractivity contribution in [3.8, 4) is 28.7 Å². The highest BCUT2D eigenvalue weighted by Crippen LogP contribution is 2.28. The number of rotatable bonds is 6. The lowest BCUT2D eigenvalue weighted by Crippen LogP contribution is -1.90. The van der Waals surface area contributed by atoms with E-state index in [1.807, 2.05) is 18.3 Å². The van der Waals surface area contributed by atoms with E-state index < -0.39 is 0 Å². The Morgan fingerprint density at radius 1 is 1.00 bits per heavy atom. The first kappa shape index (κ1) is 21.0. The first-order chi connectivity index (χ1) is 15.1. The predicted octanol–water partition coefficient (Wildman–Crippen LogP) is 7.79. The van der Waals surface area contributed by atoms with Crippen molar-refractivity contribution in [2.75, 3.05) is 0 Å². The highest BCUT2D eigenvalue weighted by Gasteiger charge is 2.10. The van der Waals surface area contributed by atoms with E-state index in [4.69, 9.17) is 0 Å². The monoisotopic (exact) mass is 421 g/mol. The zero-order valence-electron chi connectivity index (χ0n) is 18.2. The molecule has 2 aromatic carbocycles. The topological polar surface area (TPSA) is 4.93 Å². The van der Waals surface area contributed by atoms with Gasteiger partial charge in [0.2, 0.25) is 0 Å². The molecule has 0 spiro atoms. The minimum Gasteiger partial charge on any atom is -0.322 e. The number of benzene rings is 2. The SMILES string of the molecule is C=C(C)c1ccc(-n2cc(C#CCC)c(-c3cccc(CCc4cccs4)c3)c2)cc1. The van der Waals surface area contributed by atoms with Crippen LogP contribution in [-0.2, 0) is 12.8 Å².